The Bertz CT molecular complexity index is 732. The minimum atomic E-state index is -3.11. The molecule has 0 aromatic carbocycles. The van der Waals surface area contributed by atoms with E-state index < -0.39 is 51.7 Å². The summed E-state index contributed by atoms with van der Waals surface area (Å²) in [5, 5.41) is 5.11. The Labute approximate surface area is 158 Å². The summed E-state index contributed by atoms with van der Waals surface area (Å²) in [6.45, 7) is 4.75. The zero-order valence-electron chi connectivity index (χ0n) is 15.8. The molecule has 11 heteroatoms. The molecule has 10 nitrogen and oxygen atoms in total. The van der Waals surface area contributed by atoms with E-state index >= 15 is 0 Å². The quantitative estimate of drug-likeness (QED) is 0.540. The molecule has 0 aromatic rings. The van der Waals surface area contributed by atoms with Gasteiger partial charge in [0, 0.05) is 13.1 Å². The van der Waals surface area contributed by atoms with E-state index in [0.29, 0.717) is 12.8 Å². The molecule has 1 atom stereocenters. The first kappa shape index (κ1) is 21.1. The molecule has 0 spiro atoms. The Morgan fingerprint density at radius 3 is 2.22 bits per heavy atom. The molecular formula is C16H26N4O6S. The van der Waals surface area contributed by atoms with Gasteiger partial charge >= 0.3 is 6.03 Å². The average Bonchev–Trinajstić information content (AvgIpc) is 2.85. The highest BCUT2D eigenvalue weighted by Crippen LogP contribution is 2.24. The Morgan fingerprint density at radius 2 is 1.74 bits per heavy atom. The number of imide groups is 1. The summed E-state index contributed by atoms with van der Waals surface area (Å²) in [5.41, 5.74) is -0.988. The van der Waals surface area contributed by atoms with Crippen molar-refractivity contribution in [3.05, 3.63) is 0 Å². The van der Waals surface area contributed by atoms with Gasteiger partial charge in [0.2, 0.25) is 11.8 Å². The Kier molecular flexibility index (Phi) is 6.13. The van der Waals surface area contributed by atoms with Crippen molar-refractivity contribution in [1.82, 2.24) is 20.4 Å². The van der Waals surface area contributed by atoms with Crippen LogP contribution in [0.4, 0.5) is 4.79 Å². The van der Waals surface area contributed by atoms with Crippen LogP contribution < -0.4 is 10.6 Å². The third-order valence-corrected chi connectivity index (χ3v) is 6.77. The maximum atomic E-state index is 12.5. The number of urea groups is 1. The molecule has 27 heavy (non-hydrogen) atoms. The third kappa shape index (κ3) is 4.40. The van der Waals surface area contributed by atoms with Gasteiger partial charge < -0.3 is 15.5 Å². The smallest absolute Gasteiger partial charge is 0.325 e. The minimum absolute atomic E-state index is 0.0872. The van der Waals surface area contributed by atoms with Crippen LogP contribution in [0.3, 0.4) is 0 Å². The van der Waals surface area contributed by atoms with Crippen LogP contribution in [0, 0.1) is 0 Å². The van der Waals surface area contributed by atoms with Gasteiger partial charge in [-0.05, 0) is 19.8 Å². The van der Waals surface area contributed by atoms with Gasteiger partial charge in [-0.1, -0.05) is 13.8 Å². The van der Waals surface area contributed by atoms with Crippen molar-refractivity contribution in [2.24, 2.45) is 0 Å². The van der Waals surface area contributed by atoms with Crippen molar-refractivity contribution in [3.8, 4) is 0 Å². The number of carbonyl (C=O) groups excluding carboxylic acids is 4. The van der Waals surface area contributed by atoms with E-state index in [1.54, 1.807) is 13.8 Å². The molecular weight excluding hydrogens is 376 g/mol. The normalized spacial score (nSPS) is 22.3. The highest BCUT2D eigenvalue weighted by atomic mass is 32.2. The van der Waals surface area contributed by atoms with E-state index in [1.165, 1.54) is 11.8 Å². The van der Waals surface area contributed by atoms with Crippen molar-refractivity contribution >= 4 is 33.6 Å². The fourth-order valence-electron chi connectivity index (χ4n) is 3.25. The van der Waals surface area contributed by atoms with Crippen molar-refractivity contribution in [2.45, 2.75) is 45.2 Å². The van der Waals surface area contributed by atoms with Crippen LogP contribution in [0.25, 0.3) is 0 Å². The van der Waals surface area contributed by atoms with Gasteiger partial charge in [-0.3, -0.25) is 19.3 Å². The maximum absolute atomic E-state index is 12.5. The van der Waals surface area contributed by atoms with Crippen LogP contribution in [0.15, 0.2) is 0 Å². The van der Waals surface area contributed by atoms with Crippen LogP contribution >= 0.6 is 0 Å². The molecule has 0 aromatic heterocycles. The third-order valence-electron chi connectivity index (χ3n) is 5.16. The van der Waals surface area contributed by atoms with Crippen LogP contribution in [0.1, 0.15) is 33.6 Å². The molecule has 2 rings (SSSR count). The van der Waals surface area contributed by atoms with Gasteiger partial charge in [-0.2, -0.15) is 0 Å². The summed E-state index contributed by atoms with van der Waals surface area (Å²) in [7, 11) is -3.11. The fourth-order valence-corrected chi connectivity index (χ4v) is 4.45. The lowest BCUT2D eigenvalue weighted by Crippen LogP contribution is -2.53. The van der Waals surface area contributed by atoms with Gasteiger partial charge in [-0.25, -0.2) is 13.2 Å². The van der Waals surface area contributed by atoms with E-state index in [0.717, 1.165) is 4.90 Å². The highest BCUT2D eigenvalue weighted by Gasteiger charge is 2.49. The first-order valence-electron chi connectivity index (χ1n) is 8.98. The summed E-state index contributed by atoms with van der Waals surface area (Å²) in [6, 6.07) is -1.51. The summed E-state index contributed by atoms with van der Waals surface area (Å²) in [4.78, 5) is 51.4. The first-order valence-corrected chi connectivity index (χ1v) is 10.8. The molecule has 0 radical (unpaired) electrons. The number of rotatable bonds is 6. The molecule has 5 amide bonds. The van der Waals surface area contributed by atoms with Gasteiger partial charge in [-0.15, -0.1) is 0 Å². The van der Waals surface area contributed by atoms with Crippen LogP contribution in [-0.4, -0.2) is 84.7 Å². The zero-order valence-corrected chi connectivity index (χ0v) is 16.6. The fraction of sp³-hybridized carbons (Fsp3) is 0.750. The van der Waals surface area contributed by atoms with Gasteiger partial charge in [0.05, 0.1) is 11.5 Å². The summed E-state index contributed by atoms with van der Waals surface area (Å²) in [6.07, 6.45) is 0.831. The zero-order chi connectivity index (χ0) is 20.4. The highest BCUT2D eigenvalue weighted by molar-refractivity contribution is 7.91. The van der Waals surface area contributed by atoms with Crippen LogP contribution in [-0.2, 0) is 24.2 Å². The van der Waals surface area contributed by atoms with Crippen molar-refractivity contribution in [3.63, 3.8) is 0 Å². The summed E-state index contributed by atoms with van der Waals surface area (Å²) in [5.74, 6) is -1.68. The molecule has 2 fully saturated rings. The standard InChI is InChI=1S/C16H26N4O6S/c1-4-16(5-2)14(23)20(15(24)18-16)10-12(21)17-11(3)13(22)19-6-8-27(25,26)9-7-19/h11H,4-10H2,1-3H3,(H,17,21)(H,18,24). The Hall–Kier alpha value is -2.17. The number of nitrogens with one attached hydrogen (secondary N) is 2. The number of sulfone groups is 1. The van der Waals surface area contributed by atoms with E-state index in [1.807, 2.05) is 0 Å². The van der Waals surface area contributed by atoms with Crippen molar-refractivity contribution in [2.75, 3.05) is 31.1 Å². The minimum Gasteiger partial charge on any atom is -0.343 e. The average molecular weight is 402 g/mol. The molecule has 1 unspecified atom stereocenters. The van der Waals surface area contributed by atoms with E-state index in [2.05, 4.69) is 10.6 Å². The van der Waals surface area contributed by atoms with Gasteiger partial charge in [0.25, 0.3) is 5.91 Å². The van der Waals surface area contributed by atoms with Crippen LogP contribution in [0.2, 0.25) is 0 Å². The molecule has 0 aliphatic carbocycles. The first-order chi connectivity index (χ1) is 12.5. The molecule has 2 aliphatic rings. The largest absolute Gasteiger partial charge is 0.343 e. The van der Waals surface area contributed by atoms with E-state index in [4.69, 9.17) is 0 Å². The second-order valence-corrected chi connectivity index (χ2v) is 9.18. The number of hydrogen-bond donors (Lipinski definition) is 2. The number of carbonyl (C=O) groups is 4. The number of hydrogen-bond acceptors (Lipinski definition) is 6. The molecule has 152 valence electrons. The summed E-state index contributed by atoms with van der Waals surface area (Å²) < 4.78 is 22.9. The molecule has 2 aliphatic heterocycles. The molecule has 2 N–H and O–H groups in total. The molecule has 0 saturated carbocycles. The second-order valence-electron chi connectivity index (χ2n) is 6.88. The van der Waals surface area contributed by atoms with Crippen molar-refractivity contribution in [1.29, 1.82) is 0 Å². The lowest BCUT2D eigenvalue weighted by Gasteiger charge is -2.29. The Balaban J connectivity index is 1.92. The predicted octanol–water partition coefficient (Wildman–Crippen LogP) is -1.14. The Morgan fingerprint density at radius 1 is 1.19 bits per heavy atom. The lowest BCUT2D eigenvalue weighted by atomic mass is 9.93. The molecule has 2 heterocycles. The molecule has 2 saturated heterocycles. The van der Waals surface area contributed by atoms with E-state index in [-0.39, 0.29) is 24.6 Å². The molecule has 0 bridgehead atoms. The number of amides is 5. The topological polar surface area (TPSA) is 133 Å². The van der Waals surface area contributed by atoms with Gasteiger partial charge in [0.1, 0.15) is 18.1 Å². The summed E-state index contributed by atoms with van der Waals surface area (Å²) >= 11 is 0. The number of nitrogens with zero attached hydrogens (tertiary/aromatic N) is 2. The second kappa shape index (κ2) is 7.83. The van der Waals surface area contributed by atoms with E-state index in [9.17, 15) is 27.6 Å². The lowest BCUT2D eigenvalue weighted by molar-refractivity contribution is -0.137. The predicted molar refractivity (Wildman–Crippen MR) is 96.4 cm³/mol. The van der Waals surface area contributed by atoms with Gasteiger partial charge in [0.15, 0.2) is 9.84 Å². The maximum Gasteiger partial charge on any atom is 0.325 e. The SMILES string of the molecule is CCC1(CC)NC(=O)N(CC(=O)NC(C)C(=O)N2CCS(=O)(=O)CC2)C1=O. The van der Waals surface area contributed by atoms with Crippen LogP contribution in [0.5, 0.6) is 0 Å². The van der Waals surface area contributed by atoms with Crippen molar-refractivity contribution < 1.29 is 27.6 Å². The monoisotopic (exact) mass is 402 g/mol.